The van der Waals surface area contributed by atoms with E-state index in [0.717, 1.165) is 27.6 Å². The van der Waals surface area contributed by atoms with Crippen molar-refractivity contribution >= 4 is 20.9 Å². The van der Waals surface area contributed by atoms with Crippen LogP contribution in [0.25, 0.3) is 10.9 Å². The van der Waals surface area contributed by atoms with Crippen molar-refractivity contribution < 1.29 is 8.42 Å². The Morgan fingerprint density at radius 1 is 0.926 bits per heavy atom. The molecular weight excluding hydrogens is 360 g/mol. The second kappa shape index (κ2) is 7.29. The van der Waals surface area contributed by atoms with Gasteiger partial charge in [-0.3, -0.25) is 4.79 Å². The van der Waals surface area contributed by atoms with Gasteiger partial charge in [-0.1, -0.05) is 29.3 Å². The molecule has 0 radical (unpaired) electrons. The Hall–Kier alpha value is -2.44. The first-order valence-corrected chi connectivity index (χ1v) is 10.4. The van der Waals surface area contributed by atoms with Gasteiger partial charge < -0.3 is 4.98 Å². The van der Waals surface area contributed by atoms with Crippen LogP contribution in [0.4, 0.5) is 0 Å². The molecule has 3 rings (SSSR count). The number of hydrogen-bond donors (Lipinski definition) is 2. The molecular formula is C21H24N2O3S. The predicted molar refractivity (Wildman–Crippen MR) is 109 cm³/mol. The zero-order chi connectivity index (χ0) is 19.8. The van der Waals surface area contributed by atoms with Crippen LogP contribution in [0.1, 0.15) is 27.8 Å². The molecule has 2 N–H and O–H groups in total. The van der Waals surface area contributed by atoms with Crippen LogP contribution in [0.15, 0.2) is 46.1 Å². The number of fused-ring (bicyclic) bond motifs is 1. The van der Waals surface area contributed by atoms with E-state index in [1.807, 2.05) is 45.0 Å². The lowest BCUT2D eigenvalue weighted by atomic mass is 10.0. The lowest BCUT2D eigenvalue weighted by Gasteiger charge is -2.10. The minimum atomic E-state index is -3.61. The van der Waals surface area contributed by atoms with Gasteiger partial charge in [-0.15, -0.1) is 0 Å². The number of aryl methyl sites for hydroxylation is 4. The van der Waals surface area contributed by atoms with Gasteiger partial charge >= 0.3 is 0 Å². The van der Waals surface area contributed by atoms with Crippen molar-refractivity contribution in [3.05, 3.63) is 74.6 Å². The summed E-state index contributed by atoms with van der Waals surface area (Å²) < 4.78 is 27.7. The van der Waals surface area contributed by atoms with Crippen molar-refractivity contribution in [2.45, 2.75) is 39.0 Å². The molecule has 0 saturated carbocycles. The van der Waals surface area contributed by atoms with Crippen LogP contribution in [-0.4, -0.2) is 19.9 Å². The number of nitrogens with one attached hydrogen (secondary N) is 2. The fraction of sp³-hybridized carbons (Fsp3) is 0.286. The number of hydrogen-bond acceptors (Lipinski definition) is 3. The average Bonchev–Trinajstić information content (AvgIpc) is 2.55. The molecule has 5 nitrogen and oxygen atoms in total. The van der Waals surface area contributed by atoms with E-state index in [-0.39, 0.29) is 17.0 Å². The molecule has 27 heavy (non-hydrogen) atoms. The molecule has 1 heterocycles. The quantitative estimate of drug-likeness (QED) is 0.708. The zero-order valence-electron chi connectivity index (χ0n) is 16.0. The van der Waals surface area contributed by atoms with Crippen molar-refractivity contribution in [2.24, 2.45) is 0 Å². The Morgan fingerprint density at radius 2 is 1.63 bits per heavy atom. The maximum absolute atomic E-state index is 12.5. The maximum Gasteiger partial charge on any atom is 0.251 e. The smallest absolute Gasteiger partial charge is 0.251 e. The number of sulfonamides is 1. The van der Waals surface area contributed by atoms with E-state index in [0.29, 0.717) is 17.5 Å². The van der Waals surface area contributed by atoms with E-state index in [9.17, 15) is 13.2 Å². The van der Waals surface area contributed by atoms with E-state index in [2.05, 4.69) is 9.71 Å². The first-order valence-electron chi connectivity index (χ1n) is 8.87. The lowest BCUT2D eigenvalue weighted by Crippen LogP contribution is -2.28. The van der Waals surface area contributed by atoms with Crippen molar-refractivity contribution in [3.8, 4) is 0 Å². The molecule has 1 aromatic heterocycles. The van der Waals surface area contributed by atoms with Crippen LogP contribution >= 0.6 is 0 Å². The monoisotopic (exact) mass is 384 g/mol. The summed E-state index contributed by atoms with van der Waals surface area (Å²) in [7, 11) is -3.61. The van der Waals surface area contributed by atoms with Gasteiger partial charge in [0.25, 0.3) is 5.56 Å². The lowest BCUT2D eigenvalue weighted by molar-refractivity contribution is 0.581. The number of pyridine rings is 1. The summed E-state index contributed by atoms with van der Waals surface area (Å²) in [5.41, 5.74) is 5.07. The fourth-order valence-corrected chi connectivity index (χ4v) is 4.67. The van der Waals surface area contributed by atoms with E-state index in [1.54, 1.807) is 19.1 Å². The zero-order valence-corrected chi connectivity index (χ0v) is 16.8. The van der Waals surface area contributed by atoms with Crippen molar-refractivity contribution in [1.82, 2.24) is 9.71 Å². The predicted octanol–water partition coefficient (Wildman–Crippen LogP) is 3.28. The summed E-state index contributed by atoms with van der Waals surface area (Å²) in [6, 6.07) is 11.1. The van der Waals surface area contributed by atoms with Gasteiger partial charge in [0, 0.05) is 12.1 Å². The second-order valence-electron chi connectivity index (χ2n) is 7.09. The molecule has 0 saturated heterocycles. The fourth-order valence-electron chi connectivity index (χ4n) is 3.42. The molecule has 0 aliphatic heterocycles. The molecule has 6 heteroatoms. The van der Waals surface area contributed by atoms with Crippen LogP contribution < -0.4 is 10.3 Å². The maximum atomic E-state index is 12.5. The number of aromatic nitrogens is 1. The minimum Gasteiger partial charge on any atom is -0.321 e. The van der Waals surface area contributed by atoms with Crippen LogP contribution in [0.3, 0.4) is 0 Å². The van der Waals surface area contributed by atoms with Crippen LogP contribution in [-0.2, 0) is 16.4 Å². The second-order valence-corrected chi connectivity index (χ2v) is 8.82. The first-order chi connectivity index (χ1) is 12.7. The molecule has 3 aromatic rings. The molecule has 0 amide bonds. The van der Waals surface area contributed by atoms with Crippen molar-refractivity contribution in [3.63, 3.8) is 0 Å². The van der Waals surface area contributed by atoms with Crippen LogP contribution in [0.2, 0.25) is 0 Å². The Kier molecular flexibility index (Phi) is 5.22. The first kappa shape index (κ1) is 19.3. The highest BCUT2D eigenvalue weighted by molar-refractivity contribution is 7.89. The van der Waals surface area contributed by atoms with Gasteiger partial charge in [-0.05, 0) is 68.8 Å². The van der Waals surface area contributed by atoms with Gasteiger partial charge in [-0.2, -0.15) is 0 Å². The summed E-state index contributed by atoms with van der Waals surface area (Å²) in [6.45, 7) is 7.83. The number of benzene rings is 2. The van der Waals surface area contributed by atoms with E-state index in [1.165, 1.54) is 0 Å². The Balaban J connectivity index is 1.80. The number of H-pyrrole nitrogens is 1. The summed E-state index contributed by atoms with van der Waals surface area (Å²) in [6.07, 6.45) is 0.322. The third kappa shape index (κ3) is 4.12. The van der Waals surface area contributed by atoms with Crippen LogP contribution in [0, 0.1) is 27.7 Å². The molecule has 0 aliphatic carbocycles. The molecule has 0 unspecified atom stereocenters. The van der Waals surface area contributed by atoms with Gasteiger partial charge in [-0.25, -0.2) is 13.1 Å². The number of rotatable bonds is 5. The molecule has 0 atom stereocenters. The highest BCUT2D eigenvalue weighted by Gasteiger charge is 2.16. The third-order valence-corrected chi connectivity index (χ3v) is 6.30. The highest BCUT2D eigenvalue weighted by atomic mass is 32.2. The molecule has 2 aromatic carbocycles. The number of aromatic amines is 1. The van der Waals surface area contributed by atoms with Gasteiger partial charge in [0.05, 0.1) is 10.4 Å². The summed E-state index contributed by atoms with van der Waals surface area (Å²) in [5.74, 6) is 0. The Labute approximate surface area is 159 Å². The summed E-state index contributed by atoms with van der Waals surface area (Å²) in [4.78, 5) is 15.5. The molecule has 0 fully saturated rings. The van der Waals surface area contributed by atoms with Gasteiger partial charge in [0.1, 0.15) is 0 Å². The normalized spacial score (nSPS) is 11.9. The van der Waals surface area contributed by atoms with Crippen molar-refractivity contribution in [1.29, 1.82) is 0 Å². The third-order valence-electron chi connectivity index (χ3n) is 4.68. The van der Waals surface area contributed by atoms with E-state index >= 15 is 0 Å². The topological polar surface area (TPSA) is 79.0 Å². The minimum absolute atomic E-state index is 0.162. The van der Waals surface area contributed by atoms with Crippen LogP contribution in [0.5, 0.6) is 0 Å². The highest BCUT2D eigenvalue weighted by Crippen LogP contribution is 2.19. The standard InChI is InChI=1S/C21H24N2O3S/c1-13-5-6-19(15(3)9-13)27(25,26)22-8-7-17-12-18-11-14(2)10-16(4)20(18)23-21(17)24/h5-6,9-12,22H,7-8H2,1-4H3,(H,23,24). The Bertz CT molecular complexity index is 1180. The Morgan fingerprint density at radius 3 is 2.33 bits per heavy atom. The largest absolute Gasteiger partial charge is 0.321 e. The van der Waals surface area contributed by atoms with Gasteiger partial charge in [0.2, 0.25) is 10.0 Å². The summed E-state index contributed by atoms with van der Waals surface area (Å²) >= 11 is 0. The molecule has 142 valence electrons. The van der Waals surface area contributed by atoms with Gasteiger partial charge in [0.15, 0.2) is 0 Å². The van der Waals surface area contributed by atoms with E-state index < -0.39 is 10.0 Å². The molecule has 0 spiro atoms. The van der Waals surface area contributed by atoms with E-state index in [4.69, 9.17) is 0 Å². The molecule has 0 bridgehead atoms. The summed E-state index contributed by atoms with van der Waals surface area (Å²) in [5, 5.41) is 0.958. The molecule has 0 aliphatic rings. The SMILES string of the molecule is Cc1ccc(S(=O)(=O)NCCc2cc3cc(C)cc(C)c3[nH]c2=O)c(C)c1. The van der Waals surface area contributed by atoms with Crippen molar-refractivity contribution in [2.75, 3.05) is 6.54 Å². The average molecular weight is 385 g/mol.